The van der Waals surface area contributed by atoms with Crippen molar-refractivity contribution >= 4 is 45.7 Å². The molecule has 0 atom stereocenters. The fraction of sp³-hybridized carbons (Fsp3) is 0.625. The van der Waals surface area contributed by atoms with Crippen molar-refractivity contribution in [2.45, 2.75) is 41.5 Å². The predicted octanol–water partition coefficient (Wildman–Crippen LogP) is 4.85. The molecule has 2 N–H and O–H groups in total. The van der Waals surface area contributed by atoms with Gasteiger partial charge in [0.15, 0.2) is 0 Å². The second-order valence-electron chi connectivity index (χ2n) is 6.03. The van der Waals surface area contributed by atoms with Gasteiger partial charge in [0, 0.05) is 11.4 Å². The smallest absolute Gasteiger partial charge is 0.262 e. The lowest BCUT2D eigenvalue weighted by molar-refractivity contribution is 0.454. The highest BCUT2D eigenvalue weighted by atomic mass is 32.2. The molecule has 0 bridgehead atoms. The molecule has 2 aliphatic heterocycles. The van der Waals surface area contributed by atoms with Gasteiger partial charge < -0.3 is 15.4 Å². The van der Waals surface area contributed by atoms with Gasteiger partial charge in [0.25, 0.3) is 5.17 Å². The molecular formula is C16H30N2OS3. The maximum absolute atomic E-state index is 4.79. The number of thiocarbonyl (C=S) groups is 2. The second kappa shape index (κ2) is 14.0. The van der Waals surface area contributed by atoms with Crippen LogP contribution in [0.2, 0.25) is 0 Å². The predicted molar refractivity (Wildman–Crippen MR) is 109 cm³/mol. The molecule has 22 heavy (non-hydrogen) atoms. The van der Waals surface area contributed by atoms with Crippen LogP contribution < -0.4 is 10.6 Å². The molecule has 128 valence electrons. The van der Waals surface area contributed by atoms with Gasteiger partial charge in [0.05, 0.1) is 6.54 Å². The molecule has 0 aromatic rings. The van der Waals surface area contributed by atoms with Crippen molar-refractivity contribution in [1.29, 1.82) is 0 Å². The van der Waals surface area contributed by atoms with Crippen LogP contribution in [-0.2, 0) is 4.74 Å². The first-order valence-corrected chi connectivity index (χ1v) is 8.94. The molecule has 0 unspecified atom stereocenters. The van der Waals surface area contributed by atoms with E-state index in [-0.39, 0.29) is 0 Å². The number of rotatable bonds is 0. The van der Waals surface area contributed by atoms with Gasteiger partial charge in [-0.25, -0.2) is 0 Å². The quantitative estimate of drug-likeness (QED) is 0.600. The monoisotopic (exact) mass is 362 g/mol. The van der Waals surface area contributed by atoms with Crippen molar-refractivity contribution < 1.29 is 4.74 Å². The Labute approximate surface area is 151 Å². The molecule has 0 amide bonds. The summed E-state index contributed by atoms with van der Waals surface area (Å²) in [5, 5.41) is 6.18. The van der Waals surface area contributed by atoms with Crippen LogP contribution in [0.15, 0.2) is 23.8 Å². The third-order valence-electron chi connectivity index (χ3n) is 1.33. The van der Waals surface area contributed by atoms with E-state index in [1.165, 1.54) is 0 Å². The van der Waals surface area contributed by atoms with E-state index in [0.717, 1.165) is 27.6 Å². The Balaban J connectivity index is 0. The average molecular weight is 363 g/mol. The number of thioether (sulfide) groups is 1. The average Bonchev–Trinajstić information content (AvgIpc) is 2.86. The molecule has 0 aliphatic carbocycles. The highest BCUT2D eigenvalue weighted by Gasteiger charge is 2.08. The van der Waals surface area contributed by atoms with Crippen molar-refractivity contribution in [2.24, 2.45) is 11.8 Å². The number of nitrogens with one attached hydrogen (secondary N) is 2. The zero-order valence-electron chi connectivity index (χ0n) is 14.6. The molecule has 3 nitrogen and oxygen atoms in total. The van der Waals surface area contributed by atoms with E-state index in [9.17, 15) is 0 Å². The van der Waals surface area contributed by atoms with E-state index in [4.69, 9.17) is 17.0 Å². The van der Waals surface area contributed by atoms with Crippen LogP contribution in [0.4, 0.5) is 0 Å². The topological polar surface area (TPSA) is 33.3 Å². The maximum atomic E-state index is 4.79. The molecule has 2 saturated heterocycles. The van der Waals surface area contributed by atoms with Gasteiger partial charge in [0.2, 0.25) is 0 Å². The molecule has 0 radical (unpaired) electrons. The first-order chi connectivity index (χ1) is 10.0. The van der Waals surface area contributed by atoms with Crippen LogP contribution in [0, 0.1) is 11.8 Å². The highest BCUT2D eigenvalue weighted by molar-refractivity contribution is 8.25. The summed E-state index contributed by atoms with van der Waals surface area (Å²) in [5.41, 5.74) is 0. The third-order valence-corrected chi connectivity index (χ3v) is 2.72. The molecular weight excluding hydrogens is 332 g/mol. The lowest BCUT2D eigenvalue weighted by Gasteiger charge is -1.86. The minimum atomic E-state index is 0.435. The Morgan fingerprint density at radius 3 is 1.50 bits per heavy atom. The lowest BCUT2D eigenvalue weighted by atomic mass is 10.3. The van der Waals surface area contributed by atoms with Gasteiger partial charge in [-0.05, 0) is 24.1 Å². The normalized spacial score (nSPS) is 15.6. The van der Waals surface area contributed by atoms with Gasteiger partial charge in [-0.2, -0.15) is 0 Å². The standard InChI is InChI=1S/C4H5NOS.C4H5NS2.2C4H10/c1-3-2-5-4(7)6-3;1-3-2-5-4(6)7-3;2*1-4(2)3/h1-2H2,(H,5,7);1-2H2,(H,5,6);2*4H,1-3H3. The molecule has 2 fully saturated rings. The number of hydrogen-bond donors (Lipinski definition) is 2. The molecule has 2 heterocycles. The molecule has 0 aromatic heterocycles. The van der Waals surface area contributed by atoms with Crippen molar-refractivity contribution in [1.82, 2.24) is 10.6 Å². The Hall–Kier alpha value is -0.590. The van der Waals surface area contributed by atoms with Crippen LogP contribution in [-0.4, -0.2) is 22.6 Å². The summed E-state index contributed by atoms with van der Waals surface area (Å²) in [6.07, 6.45) is 0. The Bertz CT molecular complexity index is 310. The minimum absolute atomic E-state index is 0.435. The number of hydrogen-bond acceptors (Lipinski definition) is 4. The van der Waals surface area contributed by atoms with Crippen LogP contribution in [0.1, 0.15) is 41.5 Å². The van der Waals surface area contributed by atoms with Crippen LogP contribution in [0.3, 0.4) is 0 Å². The molecule has 0 saturated carbocycles. The molecule has 0 spiro atoms. The summed E-state index contributed by atoms with van der Waals surface area (Å²) < 4.78 is 5.64. The minimum Gasteiger partial charge on any atom is -0.435 e. The van der Waals surface area contributed by atoms with Crippen LogP contribution in [0.5, 0.6) is 0 Å². The summed E-state index contributed by atoms with van der Waals surface area (Å²) in [6.45, 7) is 21.8. The molecule has 0 aromatic carbocycles. The van der Waals surface area contributed by atoms with E-state index < -0.39 is 0 Å². The number of ether oxygens (including phenoxy) is 1. The maximum Gasteiger partial charge on any atom is 0.262 e. The first kappa shape index (κ1) is 23.7. The van der Waals surface area contributed by atoms with E-state index in [2.05, 4.69) is 77.6 Å². The van der Waals surface area contributed by atoms with E-state index in [1.807, 2.05) is 0 Å². The van der Waals surface area contributed by atoms with Gasteiger partial charge in [-0.15, -0.1) is 0 Å². The van der Waals surface area contributed by atoms with E-state index in [1.54, 1.807) is 11.8 Å². The highest BCUT2D eigenvalue weighted by Crippen LogP contribution is 2.18. The SMILES string of the molecule is C=C1CNC(=S)O1.C=C1CNC(=S)S1.CC(C)C.CC(C)C. The summed E-state index contributed by atoms with van der Waals surface area (Å²) >= 11 is 10.9. The largest absolute Gasteiger partial charge is 0.435 e. The van der Waals surface area contributed by atoms with Crippen molar-refractivity contribution in [2.75, 3.05) is 13.1 Å². The lowest BCUT2D eigenvalue weighted by Crippen LogP contribution is -2.11. The first-order valence-electron chi connectivity index (χ1n) is 7.31. The molecule has 2 rings (SSSR count). The Morgan fingerprint density at radius 2 is 1.41 bits per heavy atom. The second-order valence-corrected chi connectivity index (χ2v) is 8.25. The van der Waals surface area contributed by atoms with Crippen molar-refractivity contribution in [3.63, 3.8) is 0 Å². The van der Waals surface area contributed by atoms with Gasteiger partial charge >= 0.3 is 0 Å². The summed E-state index contributed by atoms with van der Waals surface area (Å²) in [4.78, 5) is 1.12. The molecule has 6 heteroatoms. The fourth-order valence-corrected chi connectivity index (χ4v) is 1.91. The van der Waals surface area contributed by atoms with Crippen LogP contribution in [0.25, 0.3) is 0 Å². The summed E-state index contributed by atoms with van der Waals surface area (Å²) in [6, 6.07) is 0. The zero-order valence-corrected chi connectivity index (χ0v) is 17.1. The van der Waals surface area contributed by atoms with Gasteiger partial charge in [-0.1, -0.05) is 78.7 Å². The van der Waals surface area contributed by atoms with Crippen molar-refractivity contribution in [3.05, 3.63) is 23.8 Å². The zero-order chi connectivity index (χ0) is 17.7. The van der Waals surface area contributed by atoms with E-state index in [0.29, 0.717) is 17.5 Å². The fourth-order valence-electron chi connectivity index (χ4n) is 0.748. The Kier molecular flexibility index (Phi) is 15.1. The van der Waals surface area contributed by atoms with Crippen LogP contribution >= 0.6 is 36.2 Å². The molecule has 2 aliphatic rings. The Morgan fingerprint density at radius 1 is 0.955 bits per heavy atom. The third kappa shape index (κ3) is 21.7. The van der Waals surface area contributed by atoms with Crippen molar-refractivity contribution in [3.8, 4) is 0 Å². The van der Waals surface area contributed by atoms with Gasteiger partial charge in [-0.3, -0.25) is 0 Å². The summed E-state index contributed by atoms with van der Waals surface area (Å²) in [7, 11) is 0. The van der Waals surface area contributed by atoms with Gasteiger partial charge in [0.1, 0.15) is 10.1 Å². The van der Waals surface area contributed by atoms with E-state index >= 15 is 0 Å². The summed E-state index contributed by atoms with van der Waals surface area (Å²) in [5.74, 6) is 2.37.